The highest BCUT2D eigenvalue weighted by Crippen LogP contribution is 2.33. The first kappa shape index (κ1) is 15.8. The summed E-state index contributed by atoms with van der Waals surface area (Å²) in [5, 5.41) is 1.74. The van der Waals surface area contributed by atoms with Crippen LogP contribution < -0.4 is 4.57 Å². The average Bonchev–Trinajstić information content (AvgIpc) is 3.21. The predicted molar refractivity (Wildman–Crippen MR) is 102 cm³/mol. The van der Waals surface area contributed by atoms with Gasteiger partial charge in [0.15, 0.2) is 0 Å². The van der Waals surface area contributed by atoms with Crippen LogP contribution in [0.25, 0.3) is 39.1 Å². The van der Waals surface area contributed by atoms with Crippen LogP contribution in [0.2, 0.25) is 0 Å². The van der Waals surface area contributed by atoms with E-state index in [9.17, 15) is 4.39 Å². The average molecular weight is 358 g/mol. The summed E-state index contributed by atoms with van der Waals surface area (Å²) in [6.07, 6.45) is 4.09. The van der Waals surface area contributed by atoms with Crippen LogP contribution >= 0.6 is 0 Å². The molecule has 5 heteroatoms. The van der Waals surface area contributed by atoms with E-state index in [1.54, 1.807) is 6.07 Å². The van der Waals surface area contributed by atoms with Crippen LogP contribution in [0.3, 0.4) is 0 Å². The molecule has 3 heterocycles. The van der Waals surface area contributed by atoms with Crippen LogP contribution in [0.5, 0.6) is 0 Å². The quantitative estimate of drug-likeness (QED) is 0.338. The van der Waals surface area contributed by atoms with Gasteiger partial charge in [-0.2, -0.15) is 13.9 Å². The number of imidazole rings is 1. The third kappa shape index (κ3) is 2.43. The van der Waals surface area contributed by atoms with Crippen molar-refractivity contribution in [2.75, 3.05) is 0 Å². The van der Waals surface area contributed by atoms with Gasteiger partial charge in [-0.3, -0.25) is 0 Å². The highest BCUT2D eigenvalue weighted by Gasteiger charge is 2.22. The number of para-hydroxylation sites is 1. The standard InChI is InChI=1S/C22H17FN3O/c1-14-12-19-18(16-8-9-20(23)24-21(16)27-19)13-17(14)22-25(2)10-11-26(22)15-6-4-3-5-7-15/h3-13H,1-2H3/q+1. The van der Waals surface area contributed by atoms with Gasteiger partial charge in [-0.1, -0.05) is 18.2 Å². The number of pyridine rings is 1. The molecule has 0 spiro atoms. The molecule has 132 valence electrons. The summed E-state index contributed by atoms with van der Waals surface area (Å²) in [5.41, 5.74) is 4.29. The van der Waals surface area contributed by atoms with Crippen LogP contribution in [-0.2, 0) is 7.05 Å². The minimum atomic E-state index is -0.539. The second kappa shape index (κ2) is 5.77. The summed E-state index contributed by atoms with van der Waals surface area (Å²) >= 11 is 0. The van der Waals surface area contributed by atoms with Crippen molar-refractivity contribution in [3.05, 3.63) is 78.5 Å². The van der Waals surface area contributed by atoms with Gasteiger partial charge in [-0.25, -0.2) is 4.57 Å². The van der Waals surface area contributed by atoms with Crippen molar-refractivity contribution in [3.63, 3.8) is 0 Å². The molecule has 0 bridgehead atoms. The van der Waals surface area contributed by atoms with Gasteiger partial charge in [0.2, 0.25) is 11.7 Å². The van der Waals surface area contributed by atoms with E-state index in [2.05, 4.69) is 45.4 Å². The Kier molecular flexibility index (Phi) is 3.37. The van der Waals surface area contributed by atoms with Crippen molar-refractivity contribution in [3.8, 4) is 17.1 Å². The molecule has 0 atom stereocenters. The summed E-state index contributed by atoms with van der Waals surface area (Å²) in [6, 6.07) is 17.4. The number of hydrogen-bond donors (Lipinski definition) is 0. The number of benzene rings is 2. The number of nitrogens with zero attached hydrogens (tertiary/aromatic N) is 3. The molecule has 27 heavy (non-hydrogen) atoms. The number of rotatable bonds is 2. The molecule has 0 fully saturated rings. The van der Waals surface area contributed by atoms with Gasteiger partial charge in [-0.15, -0.1) is 0 Å². The van der Waals surface area contributed by atoms with E-state index in [1.165, 1.54) is 6.07 Å². The minimum Gasteiger partial charge on any atom is -0.438 e. The van der Waals surface area contributed by atoms with E-state index in [0.29, 0.717) is 11.3 Å². The highest BCUT2D eigenvalue weighted by atomic mass is 19.1. The third-order valence-electron chi connectivity index (χ3n) is 4.93. The molecule has 0 aliphatic heterocycles. The van der Waals surface area contributed by atoms with Gasteiger partial charge in [0.25, 0.3) is 5.82 Å². The van der Waals surface area contributed by atoms with Crippen LogP contribution in [0, 0.1) is 12.9 Å². The number of hydrogen-bond acceptors (Lipinski definition) is 2. The molecule has 0 saturated heterocycles. The summed E-state index contributed by atoms with van der Waals surface area (Å²) < 4.78 is 23.5. The van der Waals surface area contributed by atoms with Gasteiger partial charge in [0, 0.05) is 10.8 Å². The van der Waals surface area contributed by atoms with E-state index in [0.717, 1.165) is 33.4 Å². The molecule has 5 aromatic rings. The molecule has 0 radical (unpaired) electrons. The summed E-state index contributed by atoms with van der Waals surface area (Å²) in [6.45, 7) is 2.05. The first-order chi connectivity index (χ1) is 13.1. The van der Waals surface area contributed by atoms with E-state index in [1.807, 2.05) is 37.5 Å². The molecule has 0 N–H and O–H groups in total. The van der Waals surface area contributed by atoms with E-state index in [-0.39, 0.29) is 0 Å². The Morgan fingerprint density at radius 2 is 1.85 bits per heavy atom. The second-order valence-corrected chi connectivity index (χ2v) is 6.69. The molecule has 3 aromatic heterocycles. The maximum Gasteiger partial charge on any atom is 0.294 e. The minimum absolute atomic E-state index is 0.323. The van der Waals surface area contributed by atoms with Crippen molar-refractivity contribution in [2.45, 2.75) is 6.92 Å². The first-order valence-corrected chi connectivity index (χ1v) is 8.74. The first-order valence-electron chi connectivity index (χ1n) is 8.74. The van der Waals surface area contributed by atoms with Crippen LogP contribution in [0.4, 0.5) is 4.39 Å². The van der Waals surface area contributed by atoms with Crippen LogP contribution in [0.15, 0.2) is 71.4 Å². The van der Waals surface area contributed by atoms with E-state index in [4.69, 9.17) is 4.42 Å². The van der Waals surface area contributed by atoms with Crippen molar-refractivity contribution in [1.29, 1.82) is 0 Å². The lowest BCUT2D eigenvalue weighted by Crippen LogP contribution is -2.29. The zero-order valence-electron chi connectivity index (χ0n) is 15.0. The topological polar surface area (TPSA) is 34.8 Å². The van der Waals surface area contributed by atoms with Gasteiger partial charge in [-0.05, 0) is 48.9 Å². The van der Waals surface area contributed by atoms with E-state index >= 15 is 0 Å². The van der Waals surface area contributed by atoms with Crippen LogP contribution in [0.1, 0.15) is 5.56 Å². The molecular weight excluding hydrogens is 341 g/mol. The molecule has 5 rings (SSSR count). The van der Waals surface area contributed by atoms with Crippen molar-refractivity contribution >= 4 is 22.1 Å². The highest BCUT2D eigenvalue weighted by molar-refractivity contribution is 6.05. The molecule has 4 nitrogen and oxygen atoms in total. The third-order valence-corrected chi connectivity index (χ3v) is 4.93. The van der Waals surface area contributed by atoms with E-state index < -0.39 is 5.95 Å². The lowest BCUT2D eigenvalue weighted by molar-refractivity contribution is -0.659. The summed E-state index contributed by atoms with van der Waals surface area (Å²) in [4.78, 5) is 3.87. The molecule has 0 aliphatic carbocycles. The zero-order chi connectivity index (χ0) is 18.5. The van der Waals surface area contributed by atoms with Gasteiger partial charge in [0.05, 0.1) is 12.6 Å². The lowest BCUT2D eigenvalue weighted by atomic mass is 10.0. The predicted octanol–water partition coefficient (Wildman–Crippen LogP) is 4.71. The number of furan rings is 1. The Labute approximate surface area is 155 Å². The van der Waals surface area contributed by atoms with Crippen LogP contribution in [-0.4, -0.2) is 9.55 Å². The smallest absolute Gasteiger partial charge is 0.294 e. The zero-order valence-corrected chi connectivity index (χ0v) is 15.0. The fraction of sp³-hybridized carbons (Fsp3) is 0.0909. The van der Waals surface area contributed by atoms with Crippen molar-refractivity contribution < 1.29 is 13.4 Å². The molecule has 2 aromatic carbocycles. The Balaban J connectivity index is 1.80. The largest absolute Gasteiger partial charge is 0.438 e. The SMILES string of the molecule is Cc1cc2oc3nc(F)ccc3c2cc1-c1n(-c2ccccc2)cc[n+]1C. The lowest BCUT2D eigenvalue weighted by Gasteiger charge is -2.06. The monoisotopic (exact) mass is 358 g/mol. The molecule has 0 amide bonds. The van der Waals surface area contributed by atoms with Crippen molar-refractivity contribution in [1.82, 2.24) is 9.55 Å². The number of aromatic nitrogens is 3. The normalized spacial score (nSPS) is 11.5. The number of halogens is 1. The fourth-order valence-electron chi connectivity index (χ4n) is 3.62. The molecular formula is C22H17FN3O+. The molecule has 0 saturated carbocycles. The van der Waals surface area contributed by atoms with Gasteiger partial charge in [0.1, 0.15) is 23.7 Å². The molecule has 0 unspecified atom stereocenters. The maximum atomic E-state index is 13.5. The Morgan fingerprint density at radius 1 is 1.04 bits per heavy atom. The van der Waals surface area contributed by atoms with Gasteiger partial charge < -0.3 is 4.42 Å². The number of fused-ring (bicyclic) bond motifs is 3. The summed E-state index contributed by atoms with van der Waals surface area (Å²) in [7, 11) is 2.03. The van der Waals surface area contributed by atoms with Gasteiger partial charge >= 0.3 is 0 Å². The maximum absolute atomic E-state index is 13.5. The Morgan fingerprint density at radius 3 is 2.67 bits per heavy atom. The summed E-state index contributed by atoms with van der Waals surface area (Å²) in [5.74, 6) is 0.521. The molecule has 0 aliphatic rings. The second-order valence-electron chi connectivity index (χ2n) is 6.69. The Hall–Kier alpha value is -3.47. The Bertz CT molecular complexity index is 1300. The van der Waals surface area contributed by atoms with Crippen molar-refractivity contribution in [2.24, 2.45) is 7.05 Å². The number of aryl methyl sites for hydroxylation is 2. The fourth-order valence-corrected chi connectivity index (χ4v) is 3.62.